The van der Waals surface area contributed by atoms with E-state index in [1.165, 1.54) is 17.7 Å². The lowest BCUT2D eigenvalue weighted by molar-refractivity contribution is -0.149. The van der Waals surface area contributed by atoms with Crippen molar-refractivity contribution < 1.29 is 22.6 Å². The number of rotatable bonds is 3. The molecule has 0 spiro atoms. The molecule has 1 aliphatic carbocycles. The van der Waals surface area contributed by atoms with Gasteiger partial charge in [-0.3, -0.25) is 14.2 Å². The van der Waals surface area contributed by atoms with Crippen LogP contribution in [0.2, 0.25) is 0 Å². The first-order valence-electron chi connectivity index (χ1n) is 9.76. The minimum atomic E-state index is -4.02. The van der Waals surface area contributed by atoms with Gasteiger partial charge in [-0.25, -0.2) is 0 Å². The molecule has 0 aromatic heterocycles. The first-order chi connectivity index (χ1) is 13.8. The number of carbonyl (C=O) groups excluding carboxylic acids is 1. The summed E-state index contributed by atoms with van der Waals surface area (Å²) in [5.74, 6) is 0.459. The molecule has 2 aliphatic rings. The maximum Gasteiger partial charge on any atom is 0.294 e. The van der Waals surface area contributed by atoms with E-state index in [9.17, 15) is 13.2 Å². The molecule has 1 N–H and O–H groups in total. The normalized spacial score (nSPS) is 24.5. The van der Waals surface area contributed by atoms with Gasteiger partial charge in [-0.05, 0) is 43.9 Å². The SMILES string of the molecule is CN1O[C@H]2CCCC(=O)[C@H]2[C@H]1Cc1ccccc1.Cc1ccc(S(=O)(=O)O)cc1. The molecule has 1 heterocycles. The third kappa shape index (κ3) is 5.51. The van der Waals surface area contributed by atoms with E-state index in [4.69, 9.17) is 9.39 Å². The Morgan fingerprint density at radius 2 is 1.76 bits per heavy atom. The van der Waals surface area contributed by atoms with Crippen LogP contribution in [0.5, 0.6) is 0 Å². The minimum absolute atomic E-state index is 0.0666. The number of likely N-dealkylation sites (N-methyl/N-ethyl adjacent to an activating group) is 1. The summed E-state index contributed by atoms with van der Waals surface area (Å²) in [6, 6.07) is 16.5. The van der Waals surface area contributed by atoms with Gasteiger partial charge in [0.1, 0.15) is 5.78 Å². The highest BCUT2D eigenvalue weighted by Gasteiger charge is 2.46. The zero-order valence-electron chi connectivity index (χ0n) is 16.7. The predicted octanol–water partition coefficient (Wildman–Crippen LogP) is 3.45. The summed E-state index contributed by atoms with van der Waals surface area (Å²) in [7, 11) is -2.06. The molecule has 3 atom stereocenters. The van der Waals surface area contributed by atoms with Gasteiger partial charge in [-0.15, -0.1) is 0 Å². The maximum absolute atomic E-state index is 12.1. The van der Waals surface area contributed by atoms with Crippen LogP contribution in [0.15, 0.2) is 59.5 Å². The smallest absolute Gasteiger partial charge is 0.294 e. The summed E-state index contributed by atoms with van der Waals surface area (Å²) < 4.78 is 29.6. The van der Waals surface area contributed by atoms with E-state index in [2.05, 4.69) is 12.1 Å². The van der Waals surface area contributed by atoms with Crippen molar-refractivity contribution in [2.75, 3.05) is 7.05 Å². The lowest BCUT2D eigenvalue weighted by Crippen LogP contribution is -2.38. The fourth-order valence-corrected chi connectivity index (χ4v) is 4.43. The first-order valence-corrected chi connectivity index (χ1v) is 11.2. The van der Waals surface area contributed by atoms with E-state index in [-0.39, 0.29) is 23.0 Å². The van der Waals surface area contributed by atoms with Crippen molar-refractivity contribution in [3.8, 4) is 0 Å². The average Bonchev–Trinajstić information content (AvgIpc) is 2.99. The van der Waals surface area contributed by atoms with Gasteiger partial charge in [0.25, 0.3) is 10.1 Å². The van der Waals surface area contributed by atoms with Crippen LogP contribution in [0.3, 0.4) is 0 Å². The number of nitrogens with zero attached hydrogens (tertiary/aromatic N) is 1. The molecule has 156 valence electrons. The first kappa shape index (κ1) is 21.6. The highest BCUT2D eigenvalue weighted by atomic mass is 32.2. The van der Waals surface area contributed by atoms with Gasteiger partial charge in [-0.2, -0.15) is 13.5 Å². The zero-order valence-corrected chi connectivity index (χ0v) is 17.5. The van der Waals surface area contributed by atoms with Crippen LogP contribution in [-0.2, 0) is 26.2 Å². The van der Waals surface area contributed by atoms with Gasteiger partial charge in [-0.1, -0.05) is 48.0 Å². The molecule has 0 unspecified atom stereocenters. The van der Waals surface area contributed by atoms with Crippen LogP contribution in [-0.4, -0.2) is 43.0 Å². The van der Waals surface area contributed by atoms with Crippen molar-refractivity contribution in [2.45, 2.75) is 49.6 Å². The Labute approximate surface area is 172 Å². The number of hydrogen-bond donors (Lipinski definition) is 1. The summed E-state index contributed by atoms with van der Waals surface area (Å²) in [6.45, 7) is 1.84. The van der Waals surface area contributed by atoms with Crippen molar-refractivity contribution in [2.24, 2.45) is 5.92 Å². The van der Waals surface area contributed by atoms with E-state index in [1.807, 2.05) is 37.2 Å². The lowest BCUT2D eigenvalue weighted by Gasteiger charge is -2.25. The van der Waals surface area contributed by atoms with Crippen molar-refractivity contribution in [1.29, 1.82) is 0 Å². The monoisotopic (exact) mass is 417 g/mol. The Kier molecular flexibility index (Phi) is 6.85. The molecular weight excluding hydrogens is 390 g/mol. The molecule has 6 nitrogen and oxygen atoms in total. The number of aryl methyl sites for hydroxylation is 1. The van der Waals surface area contributed by atoms with Crippen molar-refractivity contribution in [3.63, 3.8) is 0 Å². The maximum atomic E-state index is 12.1. The molecule has 7 heteroatoms. The Balaban J connectivity index is 0.000000188. The third-order valence-electron chi connectivity index (χ3n) is 5.47. The summed E-state index contributed by atoms with van der Waals surface area (Å²) in [5, 5.41) is 1.91. The number of fused-ring (bicyclic) bond motifs is 1. The molecule has 2 aromatic rings. The van der Waals surface area contributed by atoms with E-state index in [0.717, 1.165) is 31.2 Å². The summed E-state index contributed by atoms with van der Waals surface area (Å²) in [4.78, 5) is 17.9. The number of hydrogen-bond acceptors (Lipinski definition) is 5. The summed E-state index contributed by atoms with van der Waals surface area (Å²) in [6.07, 6.45) is 3.73. The Bertz CT molecular complexity index is 927. The van der Waals surface area contributed by atoms with Crippen molar-refractivity contribution >= 4 is 15.9 Å². The van der Waals surface area contributed by atoms with Crippen LogP contribution in [0.1, 0.15) is 30.4 Å². The van der Waals surface area contributed by atoms with E-state index < -0.39 is 10.1 Å². The second-order valence-electron chi connectivity index (χ2n) is 7.62. The number of hydroxylamine groups is 2. The molecule has 0 bridgehead atoms. The number of Topliss-reactive ketones (excluding diaryl/α,β-unsaturated/α-hetero) is 1. The molecule has 4 rings (SSSR count). The van der Waals surface area contributed by atoms with Gasteiger partial charge in [0.2, 0.25) is 0 Å². The molecule has 1 saturated carbocycles. The van der Waals surface area contributed by atoms with Crippen molar-refractivity contribution in [1.82, 2.24) is 5.06 Å². The largest absolute Gasteiger partial charge is 0.299 e. The Hall–Kier alpha value is -2.06. The zero-order chi connectivity index (χ0) is 21.0. The Morgan fingerprint density at radius 1 is 1.10 bits per heavy atom. The van der Waals surface area contributed by atoms with E-state index >= 15 is 0 Å². The summed E-state index contributed by atoms with van der Waals surface area (Å²) >= 11 is 0. The number of carbonyl (C=O) groups is 1. The molecule has 0 radical (unpaired) electrons. The molecule has 1 saturated heterocycles. The fourth-order valence-electron chi connectivity index (χ4n) is 3.95. The third-order valence-corrected chi connectivity index (χ3v) is 6.34. The predicted molar refractivity (Wildman–Crippen MR) is 110 cm³/mol. The highest BCUT2D eigenvalue weighted by molar-refractivity contribution is 7.85. The fraction of sp³-hybridized carbons (Fsp3) is 0.409. The standard InChI is InChI=1S/C15H19NO2.C7H8O3S/c1-16-12(10-11-6-3-2-4-7-11)15-13(17)8-5-9-14(15)18-16;1-6-2-4-7(5-3-6)11(8,9)10/h2-4,6-7,12,14-15H,5,8-10H2,1H3;2-5H,1H3,(H,8,9,10)/t12-,14+,15-;/m1./s1. The van der Waals surface area contributed by atoms with E-state index in [1.54, 1.807) is 12.1 Å². The van der Waals surface area contributed by atoms with Crippen LogP contribution >= 0.6 is 0 Å². The quantitative estimate of drug-likeness (QED) is 0.770. The van der Waals surface area contributed by atoms with Crippen LogP contribution in [0.25, 0.3) is 0 Å². The molecule has 2 fully saturated rings. The topological polar surface area (TPSA) is 83.9 Å². The minimum Gasteiger partial charge on any atom is -0.299 e. The molecule has 1 aliphatic heterocycles. The van der Waals surface area contributed by atoms with Gasteiger partial charge in [0, 0.05) is 13.5 Å². The molecular formula is C22H27NO5S. The lowest BCUT2D eigenvalue weighted by atomic mass is 9.79. The average molecular weight is 418 g/mol. The summed E-state index contributed by atoms with van der Waals surface area (Å²) in [5.41, 5.74) is 2.23. The second kappa shape index (κ2) is 9.17. The molecule has 0 amide bonds. The van der Waals surface area contributed by atoms with E-state index in [0.29, 0.717) is 5.78 Å². The van der Waals surface area contributed by atoms with Gasteiger partial charge >= 0.3 is 0 Å². The van der Waals surface area contributed by atoms with Crippen LogP contribution in [0.4, 0.5) is 0 Å². The Morgan fingerprint density at radius 3 is 2.38 bits per heavy atom. The van der Waals surface area contributed by atoms with Crippen LogP contribution in [0, 0.1) is 12.8 Å². The number of benzene rings is 2. The molecule has 29 heavy (non-hydrogen) atoms. The van der Waals surface area contributed by atoms with Gasteiger partial charge < -0.3 is 0 Å². The molecule has 2 aromatic carbocycles. The highest BCUT2D eigenvalue weighted by Crippen LogP contribution is 2.36. The van der Waals surface area contributed by atoms with Gasteiger partial charge in [0.15, 0.2) is 0 Å². The number of ketones is 1. The van der Waals surface area contributed by atoms with Crippen molar-refractivity contribution in [3.05, 3.63) is 65.7 Å². The van der Waals surface area contributed by atoms with Crippen LogP contribution < -0.4 is 0 Å². The van der Waals surface area contributed by atoms with Gasteiger partial charge in [0.05, 0.1) is 23.0 Å². The second-order valence-corrected chi connectivity index (χ2v) is 9.04.